The van der Waals surface area contributed by atoms with Gasteiger partial charge in [0.25, 0.3) is 0 Å². The molecular formula is C12H17N3O. The topological polar surface area (TPSA) is 43.0 Å². The average molecular weight is 219 g/mol. The highest BCUT2D eigenvalue weighted by molar-refractivity contribution is 5.17. The monoisotopic (exact) mass is 219 g/mol. The molecule has 0 aliphatic carbocycles. The van der Waals surface area contributed by atoms with Crippen molar-refractivity contribution in [2.24, 2.45) is 0 Å². The molecule has 0 spiro atoms. The van der Waals surface area contributed by atoms with Gasteiger partial charge in [-0.15, -0.1) is 0 Å². The molecule has 0 amide bonds. The molecule has 0 unspecified atom stereocenters. The molecule has 0 fully saturated rings. The first kappa shape index (κ1) is 11.0. The quantitative estimate of drug-likeness (QED) is 0.836. The number of aromatic nitrogens is 2. The fourth-order valence-electron chi connectivity index (χ4n) is 1.53. The highest BCUT2D eigenvalue weighted by Crippen LogP contribution is 2.11. The largest absolute Gasteiger partial charge is 0.468 e. The molecule has 0 radical (unpaired) electrons. The van der Waals surface area contributed by atoms with E-state index in [0.29, 0.717) is 6.04 Å². The van der Waals surface area contributed by atoms with Crippen molar-refractivity contribution >= 4 is 0 Å². The SMILES string of the molecule is CC(C)NCc1occc1Cn1cccn1. The minimum Gasteiger partial charge on any atom is -0.468 e. The molecular weight excluding hydrogens is 202 g/mol. The van der Waals surface area contributed by atoms with Gasteiger partial charge in [0.2, 0.25) is 0 Å². The molecule has 86 valence electrons. The maximum atomic E-state index is 5.46. The smallest absolute Gasteiger partial charge is 0.122 e. The minimum absolute atomic E-state index is 0.461. The van der Waals surface area contributed by atoms with Gasteiger partial charge in [-0.25, -0.2) is 0 Å². The van der Waals surface area contributed by atoms with Crippen molar-refractivity contribution in [2.75, 3.05) is 0 Å². The Hall–Kier alpha value is -1.55. The number of hydrogen-bond donors (Lipinski definition) is 1. The molecule has 0 aliphatic heterocycles. The van der Waals surface area contributed by atoms with E-state index in [2.05, 4.69) is 24.3 Å². The molecule has 2 heterocycles. The number of rotatable bonds is 5. The van der Waals surface area contributed by atoms with Crippen molar-refractivity contribution in [1.82, 2.24) is 15.1 Å². The van der Waals surface area contributed by atoms with Crippen LogP contribution in [-0.4, -0.2) is 15.8 Å². The van der Waals surface area contributed by atoms with Crippen LogP contribution in [0.4, 0.5) is 0 Å². The van der Waals surface area contributed by atoms with Crippen molar-refractivity contribution in [3.05, 3.63) is 42.1 Å². The first-order valence-corrected chi connectivity index (χ1v) is 5.52. The van der Waals surface area contributed by atoms with E-state index in [4.69, 9.17) is 4.42 Å². The lowest BCUT2D eigenvalue weighted by molar-refractivity contribution is 0.458. The molecule has 0 saturated heterocycles. The molecule has 0 saturated carbocycles. The van der Waals surface area contributed by atoms with Gasteiger partial charge in [-0.3, -0.25) is 4.68 Å². The predicted octanol–water partition coefficient (Wildman–Crippen LogP) is 2.02. The van der Waals surface area contributed by atoms with Crippen molar-refractivity contribution in [2.45, 2.75) is 33.0 Å². The van der Waals surface area contributed by atoms with E-state index in [1.54, 1.807) is 12.5 Å². The molecule has 4 heteroatoms. The minimum atomic E-state index is 0.461. The lowest BCUT2D eigenvalue weighted by Crippen LogP contribution is -2.22. The summed E-state index contributed by atoms with van der Waals surface area (Å²) in [4.78, 5) is 0. The van der Waals surface area contributed by atoms with E-state index in [1.165, 1.54) is 5.56 Å². The van der Waals surface area contributed by atoms with Crippen LogP contribution in [0.3, 0.4) is 0 Å². The van der Waals surface area contributed by atoms with Crippen molar-refractivity contribution in [3.8, 4) is 0 Å². The fourth-order valence-corrected chi connectivity index (χ4v) is 1.53. The number of nitrogens with zero attached hydrogens (tertiary/aromatic N) is 2. The first-order chi connectivity index (χ1) is 7.75. The Labute approximate surface area is 95.3 Å². The zero-order chi connectivity index (χ0) is 11.4. The van der Waals surface area contributed by atoms with Gasteiger partial charge in [-0.1, -0.05) is 13.8 Å². The second-order valence-corrected chi connectivity index (χ2v) is 4.11. The van der Waals surface area contributed by atoms with Gasteiger partial charge in [-0.2, -0.15) is 5.10 Å². The molecule has 0 atom stereocenters. The van der Waals surface area contributed by atoms with E-state index in [1.807, 2.05) is 23.0 Å². The second kappa shape index (κ2) is 4.99. The van der Waals surface area contributed by atoms with Gasteiger partial charge < -0.3 is 9.73 Å². The van der Waals surface area contributed by atoms with E-state index < -0.39 is 0 Å². The summed E-state index contributed by atoms with van der Waals surface area (Å²) in [6.45, 7) is 5.77. The van der Waals surface area contributed by atoms with Crippen LogP contribution in [0.15, 0.2) is 35.2 Å². The van der Waals surface area contributed by atoms with Crippen LogP contribution in [0.2, 0.25) is 0 Å². The van der Waals surface area contributed by atoms with Crippen molar-refractivity contribution in [3.63, 3.8) is 0 Å². The van der Waals surface area contributed by atoms with Gasteiger partial charge in [-0.05, 0) is 12.1 Å². The molecule has 2 rings (SSSR count). The molecule has 16 heavy (non-hydrogen) atoms. The van der Waals surface area contributed by atoms with Gasteiger partial charge >= 0.3 is 0 Å². The van der Waals surface area contributed by atoms with Crippen LogP contribution < -0.4 is 5.32 Å². The third kappa shape index (κ3) is 2.73. The Morgan fingerprint density at radius 3 is 3.06 bits per heavy atom. The molecule has 1 N–H and O–H groups in total. The van der Waals surface area contributed by atoms with Crippen LogP contribution in [0.5, 0.6) is 0 Å². The van der Waals surface area contributed by atoms with Crippen LogP contribution in [-0.2, 0) is 13.1 Å². The van der Waals surface area contributed by atoms with Crippen LogP contribution in [0, 0.1) is 0 Å². The fraction of sp³-hybridized carbons (Fsp3) is 0.417. The average Bonchev–Trinajstić information content (AvgIpc) is 2.87. The summed E-state index contributed by atoms with van der Waals surface area (Å²) in [6.07, 6.45) is 5.47. The lowest BCUT2D eigenvalue weighted by atomic mass is 10.2. The zero-order valence-corrected chi connectivity index (χ0v) is 9.68. The van der Waals surface area contributed by atoms with E-state index >= 15 is 0 Å². The molecule has 0 aliphatic rings. The van der Waals surface area contributed by atoms with Gasteiger partial charge in [0, 0.05) is 24.0 Å². The summed E-state index contributed by atoms with van der Waals surface area (Å²) >= 11 is 0. The van der Waals surface area contributed by atoms with Gasteiger partial charge in [0.1, 0.15) is 5.76 Å². The summed E-state index contributed by atoms with van der Waals surface area (Å²) < 4.78 is 7.35. The van der Waals surface area contributed by atoms with Gasteiger partial charge in [0.15, 0.2) is 0 Å². The highest BCUT2D eigenvalue weighted by Gasteiger charge is 2.07. The molecule has 2 aromatic rings. The standard InChI is InChI=1S/C12H17N3O/c1-10(2)13-8-12-11(4-7-16-12)9-15-6-3-5-14-15/h3-7,10,13H,8-9H2,1-2H3. The maximum absolute atomic E-state index is 5.46. The maximum Gasteiger partial charge on any atom is 0.122 e. The Bertz CT molecular complexity index is 417. The summed E-state index contributed by atoms with van der Waals surface area (Å²) in [5, 5.41) is 7.53. The van der Waals surface area contributed by atoms with Crippen LogP contribution in [0.1, 0.15) is 25.2 Å². The highest BCUT2D eigenvalue weighted by atomic mass is 16.3. The Morgan fingerprint density at radius 2 is 2.38 bits per heavy atom. The third-order valence-corrected chi connectivity index (χ3v) is 2.40. The molecule has 0 aromatic carbocycles. The third-order valence-electron chi connectivity index (χ3n) is 2.40. The first-order valence-electron chi connectivity index (χ1n) is 5.52. The summed E-state index contributed by atoms with van der Waals surface area (Å²) in [5.41, 5.74) is 1.18. The summed E-state index contributed by atoms with van der Waals surface area (Å²) in [5.74, 6) is 0.990. The van der Waals surface area contributed by atoms with Crippen molar-refractivity contribution < 1.29 is 4.42 Å². The van der Waals surface area contributed by atoms with Crippen molar-refractivity contribution in [1.29, 1.82) is 0 Å². The number of hydrogen-bond acceptors (Lipinski definition) is 3. The van der Waals surface area contributed by atoms with E-state index in [0.717, 1.165) is 18.8 Å². The number of nitrogens with one attached hydrogen (secondary N) is 1. The second-order valence-electron chi connectivity index (χ2n) is 4.11. The van der Waals surface area contributed by atoms with Crippen LogP contribution >= 0.6 is 0 Å². The zero-order valence-electron chi connectivity index (χ0n) is 9.68. The molecule has 2 aromatic heterocycles. The summed E-state index contributed by atoms with van der Waals surface area (Å²) in [6, 6.07) is 4.38. The Kier molecular flexibility index (Phi) is 3.41. The Balaban J connectivity index is 2.01. The van der Waals surface area contributed by atoms with E-state index in [-0.39, 0.29) is 0 Å². The van der Waals surface area contributed by atoms with Crippen LogP contribution in [0.25, 0.3) is 0 Å². The normalized spacial score (nSPS) is 11.2. The molecule has 0 bridgehead atoms. The van der Waals surface area contributed by atoms with Gasteiger partial charge in [0.05, 0.1) is 19.4 Å². The molecule has 4 nitrogen and oxygen atoms in total. The summed E-state index contributed by atoms with van der Waals surface area (Å²) in [7, 11) is 0. The number of furan rings is 1. The van der Waals surface area contributed by atoms with E-state index in [9.17, 15) is 0 Å². The lowest BCUT2D eigenvalue weighted by Gasteiger charge is -2.07. The Morgan fingerprint density at radius 1 is 1.50 bits per heavy atom. The predicted molar refractivity (Wildman–Crippen MR) is 62.0 cm³/mol.